The molecular weight excluding hydrogens is 466 g/mol. The van der Waals surface area contributed by atoms with Gasteiger partial charge in [-0.05, 0) is 47.7 Å². The SMILES string of the molecule is O=C1[C@@H]2Cc3c([nH]c4ccccc34)C(CCc3ccccc3)N2C(=O)CN1Cc1ccc2c(c1)OCO2. The number of amides is 2. The number of piperazine rings is 1. The highest BCUT2D eigenvalue weighted by molar-refractivity contribution is 5.97. The number of rotatable bonds is 5. The lowest BCUT2D eigenvalue weighted by molar-refractivity contribution is -0.160. The number of carbonyl (C=O) groups excluding carboxylic acids is 2. The zero-order chi connectivity index (χ0) is 24.9. The van der Waals surface area contributed by atoms with Gasteiger partial charge in [0.2, 0.25) is 18.6 Å². The van der Waals surface area contributed by atoms with Crippen LogP contribution in [0.3, 0.4) is 0 Å². The molecule has 37 heavy (non-hydrogen) atoms. The van der Waals surface area contributed by atoms with Crippen LogP contribution < -0.4 is 9.47 Å². The Morgan fingerprint density at radius 3 is 2.59 bits per heavy atom. The molecule has 0 saturated carbocycles. The van der Waals surface area contributed by atoms with Crippen molar-refractivity contribution in [1.82, 2.24) is 14.8 Å². The van der Waals surface area contributed by atoms with Gasteiger partial charge in [0, 0.05) is 29.6 Å². The van der Waals surface area contributed by atoms with Crippen LogP contribution in [0.1, 0.15) is 34.8 Å². The second-order valence-electron chi connectivity index (χ2n) is 10.0. The first-order valence-corrected chi connectivity index (χ1v) is 12.8. The van der Waals surface area contributed by atoms with E-state index in [0.29, 0.717) is 24.5 Å². The minimum absolute atomic E-state index is 0.00194. The highest BCUT2D eigenvalue weighted by Gasteiger charge is 2.47. The van der Waals surface area contributed by atoms with Gasteiger partial charge in [-0.15, -0.1) is 0 Å². The topological polar surface area (TPSA) is 74.9 Å². The average Bonchev–Trinajstić information content (AvgIpc) is 3.54. The summed E-state index contributed by atoms with van der Waals surface area (Å²) in [6.07, 6.45) is 2.09. The second kappa shape index (κ2) is 8.69. The third-order valence-electron chi connectivity index (χ3n) is 7.82. The van der Waals surface area contributed by atoms with Gasteiger partial charge in [-0.2, -0.15) is 0 Å². The smallest absolute Gasteiger partial charge is 0.246 e. The van der Waals surface area contributed by atoms with Crippen LogP contribution in [-0.2, 0) is 29.0 Å². The summed E-state index contributed by atoms with van der Waals surface area (Å²) in [6.45, 7) is 0.635. The number of fused-ring (bicyclic) bond motifs is 5. The standard InChI is InChI=1S/C30H27N3O4/c34-28-17-32(16-20-11-13-26-27(14-20)37-18-36-26)30(35)25-15-22-21-8-4-5-9-23(21)31-29(22)24(33(25)28)12-10-19-6-2-1-3-7-19/h1-9,11,13-14,24-25,31H,10,12,15-18H2/t24?,25-/m0/s1. The summed E-state index contributed by atoms with van der Waals surface area (Å²) in [5.74, 6) is 1.37. The molecule has 2 amide bonds. The Labute approximate surface area is 214 Å². The van der Waals surface area contributed by atoms with E-state index in [9.17, 15) is 9.59 Å². The lowest BCUT2D eigenvalue weighted by Gasteiger charge is -2.47. The maximum absolute atomic E-state index is 13.9. The Morgan fingerprint density at radius 2 is 1.70 bits per heavy atom. The van der Waals surface area contributed by atoms with Crippen LogP contribution in [0.15, 0.2) is 72.8 Å². The van der Waals surface area contributed by atoms with Crippen LogP contribution in [-0.4, -0.2) is 46.0 Å². The van der Waals surface area contributed by atoms with Crippen molar-refractivity contribution < 1.29 is 19.1 Å². The number of benzene rings is 3. The number of aromatic nitrogens is 1. The van der Waals surface area contributed by atoms with E-state index in [1.807, 2.05) is 53.4 Å². The average molecular weight is 494 g/mol. The zero-order valence-electron chi connectivity index (χ0n) is 20.4. The van der Waals surface area contributed by atoms with E-state index in [1.165, 1.54) is 5.56 Å². The summed E-state index contributed by atoms with van der Waals surface area (Å²) >= 11 is 0. The fourth-order valence-corrected chi connectivity index (χ4v) is 6.09. The molecule has 7 heteroatoms. The molecule has 186 valence electrons. The molecule has 0 aliphatic carbocycles. The molecule has 4 heterocycles. The molecule has 3 aliphatic rings. The Morgan fingerprint density at radius 1 is 0.892 bits per heavy atom. The summed E-state index contributed by atoms with van der Waals surface area (Å²) in [5, 5.41) is 1.13. The highest BCUT2D eigenvalue weighted by atomic mass is 16.7. The number of nitrogens with one attached hydrogen (secondary N) is 1. The van der Waals surface area contributed by atoms with E-state index in [2.05, 4.69) is 29.2 Å². The number of aromatic amines is 1. The lowest BCUT2D eigenvalue weighted by atomic mass is 9.86. The van der Waals surface area contributed by atoms with Crippen molar-refractivity contribution in [1.29, 1.82) is 0 Å². The molecule has 1 fully saturated rings. The molecule has 4 aromatic rings. The van der Waals surface area contributed by atoms with Gasteiger partial charge in [-0.3, -0.25) is 9.59 Å². The molecule has 7 nitrogen and oxygen atoms in total. The summed E-state index contributed by atoms with van der Waals surface area (Å²) in [5.41, 5.74) is 5.42. The quantitative estimate of drug-likeness (QED) is 0.448. The molecule has 1 aromatic heterocycles. The van der Waals surface area contributed by atoms with Gasteiger partial charge >= 0.3 is 0 Å². The summed E-state index contributed by atoms with van der Waals surface area (Å²) in [7, 11) is 0. The Bertz CT molecular complexity index is 1510. The van der Waals surface area contributed by atoms with Crippen molar-refractivity contribution in [2.75, 3.05) is 13.3 Å². The predicted molar refractivity (Wildman–Crippen MR) is 138 cm³/mol. The van der Waals surface area contributed by atoms with E-state index in [1.54, 1.807) is 4.90 Å². The van der Waals surface area contributed by atoms with Crippen molar-refractivity contribution in [2.45, 2.75) is 37.9 Å². The fourth-order valence-electron chi connectivity index (χ4n) is 6.09. The number of H-pyrrole nitrogens is 1. The van der Waals surface area contributed by atoms with Gasteiger partial charge in [0.1, 0.15) is 12.6 Å². The van der Waals surface area contributed by atoms with Crippen LogP contribution in [0, 0.1) is 0 Å². The minimum atomic E-state index is -0.511. The monoisotopic (exact) mass is 493 g/mol. The van der Waals surface area contributed by atoms with Crippen molar-refractivity contribution in [3.05, 3.63) is 95.2 Å². The molecule has 3 aliphatic heterocycles. The maximum Gasteiger partial charge on any atom is 0.246 e. The van der Waals surface area contributed by atoms with E-state index >= 15 is 0 Å². The van der Waals surface area contributed by atoms with Gasteiger partial charge in [0.25, 0.3) is 0 Å². The Hall–Kier alpha value is -4.26. The van der Waals surface area contributed by atoms with Gasteiger partial charge in [0.15, 0.2) is 11.5 Å². The number of aryl methyl sites for hydroxylation is 1. The maximum atomic E-state index is 13.9. The fraction of sp³-hybridized carbons (Fsp3) is 0.267. The highest BCUT2D eigenvalue weighted by Crippen LogP contribution is 2.41. The molecular formula is C30H27N3O4. The van der Waals surface area contributed by atoms with Gasteiger partial charge < -0.3 is 24.3 Å². The third-order valence-corrected chi connectivity index (χ3v) is 7.82. The first-order chi connectivity index (χ1) is 18.2. The van der Waals surface area contributed by atoms with Crippen molar-refractivity contribution >= 4 is 22.7 Å². The first kappa shape index (κ1) is 22.0. The molecule has 1 N–H and O–H groups in total. The number of hydrogen-bond acceptors (Lipinski definition) is 4. The van der Waals surface area contributed by atoms with Crippen LogP contribution in [0.25, 0.3) is 10.9 Å². The molecule has 0 radical (unpaired) electrons. The van der Waals surface area contributed by atoms with Gasteiger partial charge in [0.05, 0.1) is 6.04 Å². The van der Waals surface area contributed by atoms with Gasteiger partial charge in [-0.1, -0.05) is 54.6 Å². The summed E-state index contributed by atoms with van der Waals surface area (Å²) < 4.78 is 10.9. The number of hydrogen-bond donors (Lipinski definition) is 1. The van der Waals surface area contributed by atoms with Crippen molar-refractivity contribution in [3.63, 3.8) is 0 Å². The molecule has 0 bridgehead atoms. The van der Waals surface area contributed by atoms with Crippen molar-refractivity contribution in [2.24, 2.45) is 0 Å². The van der Waals surface area contributed by atoms with E-state index in [-0.39, 0.29) is 31.2 Å². The molecule has 1 unspecified atom stereocenters. The largest absolute Gasteiger partial charge is 0.454 e. The van der Waals surface area contributed by atoms with Crippen LogP contribution in [0.5, 0.6) is 11.5 Å². The summed E-state index contributed by atoms with van der Waals surface area (Å²) in [4.78, 5) is 34.7. The van der Waals surface area contributed by atoms with E-state index < -0.39 is 6.04 Å². The normalized spacial score (nSPS) is 20.3. The molecule has 7 rings (SSSR count). The van der Waals surface area contributed by atoms with Crippen molar-refractivity contribution in [3.8, 4) is 11.5 Å². The second-order valence-corrected chi connectivity index (χ2v) is 10.0. The zero-order valence-corrected chi connectivity index (χ0v) is 20.4. The summed E-state index contributed by atoms with van der Waals surface area (Å²) in [6, 6.07) is 23.5. The Balaban J connectivity index is 1.22. The molecule has 0 spiro atoms. The number of nitrogens with zero attached hydrogens (tertiary/aromatic N) is 2. The van der Waals surface area contributed by atoms with Crippen LogP contribution in [0.4, 0.5) is 0 Å². The molecule has 3 aromatic carbocycles. The van der Waals surface area contributed by atoms with Crippen LogP contribution in [0.2, 0.25) is 0 Å². The number of para-hydroxylation sites is 1. The minimum Gasteiger partial charge on any atom is -0.454 e. The van der Waals surface area contributed by atoms with Crippen LogP contribution >= 0.6 is 0 Å². The van der Waals surface area contributed by atoms with E-state index in [4.69, 9.17) is 9.47 Å². The molecule has 1 saturated heterocycles. The van der Waals surface area contributed by atoms with Gasteiger partial charge in [-0.25, -0.2) is 0 Å². The Kier molecular flexibility index (Phi) is 5.16. The number of ether oxygens (including phenoxy) is 2. The number of carbonyl (C=O) groups is 2. The van der Waals surface area contributed by atoms with E-state index in [0.717, 1.165) is 40.6 Å². The lowest BCUT2D eigenvalue weighted by Crippen LogP contribution is -2.62. The molecule has 2 atom stereocenters. The predicted octanol–water partition coefficient (Wildman–Crippen LogP) is 4.37. The first-order valence-electron chi connectivity index (χ1n) is 12.8. The third kappa shape index (κ3) is 3.73.